The summed E-state index contributed by atoms with van der Waals surface area (Å²) in [6.45, 7) is 4.34. The highest BCUT2D eigenvalue weighted by molar-refractivity contribution is 5.65. The summed E-state index contributed by atoms with van der Waals surface area (Å²) in [5.41, 5.74) is 5.23. The summed E-state index contributed by atoms with van der Waals surface area (Å²) in [4.78, 5) is 11.6. The molecule has 1 aliphatic heterocycles. The van der Waals surface area contributed by atoms with Crippen LogP contribution in [0.4, 0.5) is 4.39 Å². The second-order valence-corrected chi connectivity index (χ2v) is 6.68. The molecular formula is C21H20FN3O. The van der Waals surface area contributed by atoms with Crippen LogP contribution < -0.4 is 0 Å². The molecule has 4 rings (SSSR count). The number of aromatic nitrogens is 2. The number of aryl methyl sites for hydroxylation is 1. The van der Waals surface area contributed by atoms with Gasteiger partial charge in [-0.05, 0) is 48.9 Å². The summed E-state index contributed by atoms with van der Waals surface area (Å²) in [6, 6.07) is 13.8. The highest BCUT2D eigenvalue weighted by Crippen LogP contribution is 2.29. The van der Waals surface area contributed by atoms with Gasteiger partial charge in [0.05, 0.1) is 11.4 Å². The number of halogens is 1. The van der Waals surface area contributed by atoms with Crippen LogP contribution in [0.3, 0.4) is 0 Å². The maximum atomic E-state index is 13.1. The van der Waals surface area contributed by atoms with E-state index in [1.807, 2.05) is 31.2 Å². The Labute approximate surface area is 152 Å². The largest absolute Gasteiger partial charge is 0.508 e. The van der Waals surface area contributed by atoms with Gasteiger partial charge >= 0.3 is 0 Å². The fraction of sp³-hybridized carbons (Fsp3) is 0.238. The van der Waals surface area contributed by atoms with Gasteiger partial charge in [-0.15, -0.1) is 0 Å². The first-order valence-corrected chi connectivity index (χ1v) is 8.71. The molecule has 2 aromatic carbocycles. The first kappa shape index (κ1) is 16.7. The van der Waals surface area contributed by atoms with E-state index in [1.54, 1.807) is 12.1 Å². The fourth-order valence-electron chi connectivity index (χ4n) is 3.43. The van der Waals surface area contributed by atoms with Crippen molar-refractivity contribution in [1.29, 1.82) is 0 Å². The van der Waals surface area contributed by atoms with Crippen LogP contribution in [0.15, 0.2) is 48.5 Å². The Morgan fingerprint density at radius 2 is 1.77 bits per heavy atom. The molecule has 0 saturated heterocycles. The predicted molar refractivity (Wildman–Crippen MR) is 98.1 cm³/mol. The van der Waals surface area contributed by atoms with Gasteiger partial charge in [-0.25, -0.2) is 14.4 Å². The molecule has 0 spiro atoms. The lowest BCUT2D eigenvalue weighted by Gasteiger charge is -2.29. The molecule has 0 saturated carbocycles. The number of aromatic hydroxyl groups is 1. The summed E-state index contributed by atoms with van der Waals surface area (Å²) < 4.78 is 13.1. The Bertz CT molecular complexity index is 923. The number of hydrogen-bond donors (Lipinski definition) is 1. The topological polar surface area (TPSA) is 49.3 Å². The van der Waals surface area contributed by atoms with E-state index < -0.39 is 0 Å². The molecule has 1 aromatic heterocycles. The molecule has 0 unspecified atom stereocenters. The zero-order valence-electron chi connectivity index (χ0n) is 14.6. The van der Waals surface area contributed by atoms with Crippen LogP contribution in [0.25, 0.3) is 11.3 Å². The third kappa shape index (κ3) is 3.44. The van der Waals surface area contributed by atoms with Crippen molar-refractivity contribution < 1.29 is 9.50 Å². The van der Waals surface area contributed by atoms with E-state index in [9.17, 15) is 9.50 Å². The smallest absolute Gasteiger partial charge is 0.126 e. The highest BCUT2D eigenvalue weighted by atomic mass is 19.1. The van der Waals surface area contributed by atoms with E-state index in [1.165, 1.54) is 12.1 Å². The first-order chi connectivity index (χ1) is 12.6. The van der Waals surface area contributed by atoms with Crippen molar-refractivity contribution in [2.45, 2.75) is 26.4 Å². The molecule has 0 aliphatic carbocycles. The quantitative estimate of drug-likeness (QED) is 0.780. The maximum Gasteiger partial charge on any atom is 0.126 e. The van der Waals surface area contributed by atoms with Crippen molar-refractivity contribution in [2.75, 3.05) is 6.54 Å². The minimum atomic E-state index is -0.212. The number of rotatable bonds is 3. The van der Waals surface area contributed by atoms with Crippen LogP contribution in [0, 0.1) is 12.7 Å². The number of fused-ring (bicyclic) bond motifs is 1. The zero-order valence-corrected chi connectivity index (χ0v) is 14.6. The maximum absolute atomic E-state index is 13.1. The van der Waals surface area contributed by atoms with Gasteiger partial charge in [-0.2, -0.15) is 0 Å². The van der Waals surface area contributed by atoms with Gasteiger partial charge in [-0.1, -0.05) is 12.1 Å². The van der Waals surface area contributed by atoms with Crippen LogP contribution >= 0.6 is 0 Å². The number of hydrogen-bond acceptors (Lipinski definition) is 4. The predicted octanol–water partition coefficient (Wildman–Crippen LogP) is 3.86. The third-order valence-electron chi connectivity index (χ3n) is 4.71. The molecule has 0 fully saturated rings. The number of phenols is 1. The molecule has 1 N–H and O–H groups in total. The number of benzene rings is 2. The van der Waals surface area contributed by atoms with Gasteiger partial charge in [0.1, 0.15) is 17.4 Å². The normalized spacial score (nSPS) is 14.2. The van der Waals surface area contributed by atoms with Crippen molar-refractivity contribution >= 4 is 0 Å². The minimum absolute atomic E-state index is 0.212. The third-order valence-corrected chi connectivity index (χ3v) is 4.71. The minimum Gasteiger partial charge on any atom is -0.508 e. The van der Waals surface area contributed by atoms with Crippen LogP contribution in [-0.4, -0.2) is 26.5 Å². The van der Waals surface area contributed by atoms with E-state index in [0.717, 1.165) is 60.0 Å². The molecule has 0 radical (unpaired) electrons. The van der Waals surface area contributed by atoms with Gasteiger partial charge in [-0.3, -0.25) is 4.90 Å². The fourth-order valence-corrected chi connectivity index (χ4v) is 3.43. The molecule has 1 aliphatic rings. The second kappa shape index (κ2) is 6.84. The highest BCUT2D eigenvalue weighted by Gasteiger charge is 2.22. The molecular weight excluding hydrogens is 329 g/mol. The van der Waals surface area contributed by atoms with E-state index in [-0.39, 0.29) is 11.6 Å². The monoisotopic (exact) mass is 349 g/mol. The molecule has 2 heterocycles. The average molecular weight is 349 g/mol. The molecule has 3 aromatic rings. The molecule has 132 valence electrons. The number of nitrogens with zero attached hydrogens (tertiary/aromatic N) is 3. The van der Waals surface area contributed by atoms with Gasteiger partial charge < -0.3 is 5.11 Å². The Morgan fingerprint density at radius 3 is 2.50 bits per heavy atom. The Morgan fingerprint density at radius 1 is 1.04 bits per heavy atom. The summed E-state index contributed by atoms with van der Waals surface area (Å²) in [6.07, 6.45) is 0.866. The van der Waals surface area contributed by atoms with Crippen molar-refractivity contribution in [3.8, 4) is 17.0 Å². The standard InChI is InChI=1S/C21H20FN3O/c1-14-23-20-10-11-25(12-15-2-6-17(22)7-3-15)13-19(20)21(24-14)16-4-8-18(26)9-5-16/h2-9,26H,10-13H2,1H3. The molecule has 0 bridgehead atoms. The van der Waals surface area contributed by atoms with Crippen molar-refractivity contribution in [3.63, 3.8) is 0 Å². The van der Waals surface area contributed by atoms with E-state index in [2.05, 4.69) is 14.9 Å². The van der Waals surface area contributed by atoms with Crippen LogP contribution in [-0.2, 0) is 19.5 Å². The van der Waals surface area contributed by atoms with Gasteiger partial charge in [0, 0.05) is 37.2 Å². The van der Waals surface area contributed by atoms with E-state index in [4.69, 9.17) is 0 Å². The average Bonchev–Trinajstić information content (AvgIpc) is 2.64. The molecule has 0 amide bonds. The lowest BCUT2D eigenvalue weighted by atomic mass is 9.98. The Hall–Kier alpha value is -2.79. The van der Waals surface area contributed by atoms with Gasteiger partial charge in [0.15, 0.2) is 0 Å². The van der Waals surface area contributed by atoms with E-state index in [0.29, 0.717) is 0 Å². The molecule has 26 heavy (non-hydrogen) atoms. The van der Waals surface area contributed by atoms with Crippen molar-refractivity contribution in [1.82, 2.24) is 14.9 Å². The number of phenolic OH excluding ortho intramolecular Hbond substituents is 1. The van der Waals surface area contributed by atoms with Crippen LogP contribution in [0.1, 0.15) is 22.6 Å². The first-order valence-electron chi connectivity index (χ1n) is 8.71. The van der Waals surface area contributed by atoms with Crippen LogP contribution in [0.2, 0.25) is 0 Å². The zero-order chi connectivity index (χ0) is 18.1. The lowest BCUT2D eigenvalue weighted by molar-refractivity contribution is 0.243. The summed E-state index contributed by atoms with van der Waals surface area (Å²) >= 11 is 0. The Kier molecular flexibility index (Phi) is 4.39. The lowest BCUT2D eigenvalue weighted by Crippen LogP contribution is -2.31. The molecule has 4 nitrogen and oxygen atoms in total. The van der Waals surface area contributed by atoms with Crippen molar-refractivity contribution in [3.05, 3.63) is 77.0 Å². The summed E-state index contributed by atoms with van der Waals surface area (Å²) in [5, 5.41) is 9.55. The Balaban J connectivity index is 1.65. The summed E-state index contributed by atoms with van der Waals surface area (Å²) in [7, 11) is 0. The second-order valence-electron chi connectivity index (χ2n) is 6.68. The van der Waals surface area contributed by atoms with Gasteiger partial charge in [0.25, 0.3) is 0 Å². The molecule has 5 heteroatoms. The molecule has 0 atom stereocenters. The van der Waals surface area contributed by atoms with Crippen LogP contribution in [0.5, 0.6) is 5.75 Å². The van der Waals surface area contributed by atoms with E-state index >= 15 is 0 Å². The SMILES string of the molecule is Cc1nc2c(c(-c3ccc(O)cc3)n1)CN(Cc1ccc(F)cc1)CC2. The van der Waals surface area contributed by atoms with Crippen molar-refractivity contribution in [2.24, 2.45) is 0 Å². The summed E-state index contributed by atoms with van der Waals surface area (Å²) in [5.74, 6) is 0.793. The van der Waals surface area contributed by atoms with Gasteiger partial charge in [0.2, 0.25) is 0 Å².